The first kappa shape index (κ1) is 26.6. The summed E-state index contributed by atoms with van der Waals surface area (Å²) < 4.78 is 67.7. The monoisotopic (exact) mass is 524 g/mol. The Balaban J connectivity index is 1.86. The number of halogens is 4. The van der Waals surface area contributed by atoms with E-state index in [0.717, 1.165) is 17.7 Å². The van der Waals surface area contributed by atoms with Crippen LogP contribution in [-0.2, 0) is 27.4 Å². The molecule has 0 saturated heterocycles. The fourth-order valence-electron chi connectivity index (χ4n) is 3.47. The number of hydrogen-bond acceptors (Lipinski definition) is 3. The summed E-state index contributed by atoms with van der Waals surface area (Å²) in [5, 5.41) is 2.16. The highest BCUT2D eigenvalue weighted by atomic mass is 35.5. The van der Waals surface area contributed by atoms with E-state index in [1.54, 1.807) is 13.0 Å². The molecule has 0 unspecified atom stereocenters. The first-order chi connectivity index (χ1) is 16.5. The van der Waals surface area contributed by atoms with Gasteiger partial charge in [-0.25, -0.2) is 8.42 Å². The van der Waals surface area contributed by atoms with Gasteiger partial charge in [-0.1, -0.05) is 60.1 Å². The molecule has 35 heavy (non-hydrogen) atoms. The molecular weight excluding hydrogens is 501 g/mol. The minimum atomic E-state index is -4.80. The molecule has 3 aromatic carbocycles. The van der Waals surface area contributed by atoms with Gasteiger partial charge in [0, 0.05) is 6.04 Å². The van der Waals surface area contributed by atoms with E-state index in [2.05, 4.69) is 5.32 Å². The van der Waals surface area contributed by atoms with Gasteiger partial charge in [-0.2, -0.15) is 13.2 Å². The molecule has 0 aliphatic rings. The van der Waals surface area contributed by atoms with Crippen molar-refractivity contribution in [2.75, 3.05) is 10.8 Å². The fraction of sp³-hybridized carbons (Fsp3) is 0.240. The van der Waals surface area contributed by atoms with Gasteiger partial charge >= 0.3 is 6.18 Å². The van der Waals surface area contributed by atoms with E-state index in [1.165, 1.54) is 24.3 Å². The van der Waals surface area contributed by atoms with Crippen molar-refractivity contribution >= 4 is 33.2 Å². The van der Waals surface area contributed by atoms with Crippen LogP contribution in [-0.4, -0.2) is 26.9 Å². The number of sulfonamides is 1. The van der Waals surface area contributed by atoms with Crippen LogP contribution in [0.2, 0.25) is 5.02 Å². The van der Waals surface area contributed by atoms with Crippen molar-refractivity contribution in [2.24, 2.45) is 0 Å². The van der Waals surface area contributed by atoms with Gasteiger partial charge in [-0.15, -0.1) is 0 Å². The number of anilines is 1. The molecule has 5 nitrogen and oxygen atoms in total. The van der Waals surface area contributed by atoms with Gasteiger partial charge in [-0.3, -0.25) is 9.10 Å². The zero-order valence-corrected chi connectivity index (χ0v) is 20.4. The van der Waals surface area contributed by atoms with E-state index in [1.807, 2.05) is 30.3 Å². The third-order valence-corrected chi connectivity index (χ3v) is 7.40. The molecule has 0 radical (unpaired) electrons. The molecule has 1 N–H and O–H groups in total. The zero-order chi connectivity index (χ0) is 25.6. The van der Waals surface area contributed by atoms with Crippen LogP contribution in [0.4, 0.5) is 18.9 Å². The Bertz CT molecular complexity index is 1250. The molecule has 1 amide bonds. The normalized spacial score (nSPS) is 12.7. The number of benzene rings is 3. The number of nitrogens with one attached hydrogen (secondary N) is 1. The standard InChI is InChI=1S/C25H24ClF3N2O3S/c1-18(12-13-19-8-4-2-5-9-19)30-24(32)17-31(35(33,34)21-10-6-3-7-11-21)20-14-15-23(26)22(16-20)25(27,28)29/h2-11,14-16,18H,12-13,17H2,1H3,(H,30,32)/t18-/m1/s1. The molecule has 0 heterocycles. The summed E-state index contributed by atoms with van der Waals surface area (Å²) in [7, 11) is -4.35. The van der Waals surface area contributed by atoms with Crippen LogP contribution in [0.15, 0.2) is 83.8 Å². The summed E-state index contributed by atoms with van der Waals surface area (Å²) in [4.78, 5) is 12.7. The molecule has 0 aromatic heterocycles. The average molecular weight is 525 g/mol. The number of rotatable bonds is 9. The lowest BCUT2D eigenvalue weighted by atomic mass is 10.1. The van der Waals surface area contributed by atoms with Gasteiger partial charge in [0.1, 0.15) is 6.54 Å². The van der Waals surface area contributed by atoms with E-state index in [-0.39, 0.29) is 16.6 Å². The summed E-state index contributed by atoms with van der Waals surface area (Å²) in [5.41, 5.74) is -0.429. The Morgan fingerprint density at radius 1 is 1.00 bits per heavy atom. The molecule has 0 spiro atoms. The third-order valence-electron chi connectivity index (χ3n) is 5.28. The summed E-state index contributed by atoms with van der Waals surface area (Å²) in [6.45, 7) is 1.08. The number of carbonyl (C=O) groups excluding carboxylic acids is 1. The molecule has 0 fully saturated rings. The van der Waals surface area contributed by atoms with Gasteiger partial charge in [0.05, 0.1) is 21.2 Å². The van der Waals surface area contributed by atoms with Crippen LogP contribution < -0.4 is 9.62 Å². The molecule has 3 rings (SSSR count). The van der Waals surface area contributed by atoms with Crippen molar-refractivity contribution in [1.29, 1.82) is 0 Å². The zero-order valence-electron chi connectivity index (χ0n) is 18.8. The summed E-state index contributed by atoms with van der Waals surface area (Å²) >= 11 is 5.71. The SMILES string of the molecule is C[C@H](CCc1ccccc1)NC(=O)CN(c1ccc(Cl)c(C(F)(F)F)c1)S(=O)(=O)c1ccccc1. The quantitative estimate of drug-likeness (QED) is 0.391. The lowest BCUT2D eigenvalue weighted by Gasteiger charge is -2.26. The highest BCUT2D eigenvalue weighted by Crippen LogP contribution is 2.38. The van der Waals surface area contributed by atoms with E-state index >= 15 is 0 Å². The van der Waals surface area contributed by atoms with Crippen molar-refractivity contribution in [1.82, 2.24) is 5.32 Å². The van der Waals surface area contributed by atoms with Gasteiger partial charge in [0.15, 0.2) is 0 Å². The topological polar surface area (TPSA) is 66.5 Å². The maximum atomic E-state index is 13.4. The minimum absolute atomic E-state index is 0.159. The smallest absolute Gasteiger partial charge is 0.352 e. The molecule has 0 aliphatic heterocycles. The second kappa shape index (κ2) is 11.1. The second-order valence-electron chi connectivity index (χ2n) is 7.98. The Kier molecular flexibility index (Phi) is 8.45. The predicted molar refractivity (Wildman–Crippen MR) is 130 cm³/mol. The van der Waals surface area contributed by atoms with Gasteiger partial charge in [0.2, 0.25) is 5.91 Å². The van der Waals surface area contributed by atoms with E-state index in [0.29, 0.717) is 23.2 Å². The largest absolute Gasteiger partial charge is 0.417 e. The maximum absolute atomic E-state index is 13.4. The Morgan fingerprint density at radius 2 is 1.60 bits per heavy atom. The van der Waals surface area contributed by atoms with Crippen molar-refractivity contribution in [3.63, 3.8) is 0 Å². The summed E-state index contributed by atoms with van der Waals surface area (Å²) in [6.07, 6.45) is -3.51. The van der Waals surface area contributed by atoms with Crippen LogP contribution in [0.25, 0.3) is 0 Å². The van der Waals surface area contributed by atoms with Gasteiger partial charge < -0.3 is 5.32 Å². The van der Waals surface area contributed by atoms with Crippen molar-refractivity contribution < 1.29 is 26.4 Å². The molecule has 3 aromatic rings. The van der Waals surface area contributed by atoms with Crippen molar-refractivity contribution in [3.05, 3.63) is 95.0 Å². The Labute approximate surface area is 207 Å². The number of aryl methyl sites for hydroxylation is 1. The first-order valence-electron chi connectivity index (χ1n) is 10.8. The molecular formula is C25H24ClF3N2O3S. The number of alkyl halides is 3. The maximum Gasteiger partial charge on any atom is 0.417 e. The molecule has 186 valence electrons. The van der Waals surface area contributed by atoms with Gasteiger partial charge in [0.25, 0.3) is 10.0 Å². The highest BCUT2D eigenvalue weighted by molar-refractivity contribution is 7.92. The average Bonchev–Trinajstić information content (AvgIpc) is 2.82. The molecule has 10 heteroatoms. The number of hydrogen-bond donors (Lipinski definition) is 1. The number of carbonyl (C=O) groups is 1. The number of amides is 1. The Morgan fingerprint density at radius 3 is 2.20 bits per heavy atom. The molecule has 1 atom stereocenters. The van der Waals surface area contributed by atoms with E-state index in [4.69, 9.17) is 11.6 Å². The van der Waals surface area contributed by atoms with Gasteiger partial charge in [-0.05, 0) is 55.7 Å². The van der Waals surface area contributed by atoms with Crippen LogP contribution in [0.3, 0.4) is 0 Å². The second-order valence-corrected chi connectivity index (χ2v) is 10.2. The van der Waals surface area contributed by atoms with Crippen molar-refractivity contribution in [3.8, 4) is 0 Å². The van der Waals surface area contributed by atoms with Crippen LogP contribution in [0, 0.1) is 0 Å². The third kappa shape index (κ3) is 6.99. The molecule has 0 bridgehead atoms. The summed E-state index contributed by atoms with van der Waals surface area (Å²) in [6, 6.07) is 19.3. The predicted octanol–water partition coefficient (Wildman–Crippen LogP) is 5.69. The van der Waals surface area contributed by atoms with Crippen LogP contribution in [0.1, 0.15) is 24.5 Å². The summed E-state index contributed by atoms with van der Waals surface area (Å²) in [5.74, 6) is -0.645. The molecule has 0 aliphatic carbocycles. The molecule has 0 saturated carbocycles. The van der Waals surface area contributed by atoms with Crippen LogP contribution >= 0.6 is 11.6 Å². The van der Waals surface area contributed by atoms with E-state index in [9.17, 15) is 26.4 Å². The number of nitrogens with zero attached hydrogens (tertiary/aromatic N) is 1. The van der Waals surface area contributed by atoms with Crippen molar-refractivity contribution in [2.45, 2.75) is 36.9 Å². The first-order valence-corrected chi connectivity index (χ1v) is 12.6. The lowest BCUT2D eigenvalue weighted by Crippen LogP contribution is -2.43. The highest BCUT2D eigenvalue weighted by Gasteiger charge is 2.35. The lowest BCUT2D eigenvalue weighted by molar-refractivity contribution is -0.137. The Hall–Kier alpha value is -3.04. The van der Waals surface area contributed by atoms with E-state index < -0.39 is 39.2 Å². The van der Waals surface area contributed by atoms with Crippen LogP contribution in [0.5, 0.6) is 0 Å². The minimum Gasteiger partial charge on any atom is -0.352 e. The fourth-order valence-corrected chi connectivity index (χ4v) is 5.13.